The van der Waals surface area contributed by atoms with Gasteiger partial charge in [0.2, 0.25) is 0 Å². The molecule has 12 nitrogen and oxygen atoms in total. The summed E-state index contributed by atoms with van der Waals surface area (Å²) < 4.78 is 24.0. The normalized spacial score (nSPS) is 15.9. The Balaban J connectivity index is 1.11. The van der Waals surface area contributed by atoms with E-state index in [-0.39, 0.29) is 45.6 Å². The Morgan fingerprint density at radius 2 is 0.784 bits per heavy atom. The summed E-state index contributed by atoms with van der Waals surface area (Å²) in [5.41, 5.74) is 4.56. The second-order valence-electron chi connectivity index (χ2n) is 21.1. The molecule has 2 aliphatic carbocycles. The monoisotopic (exact) mass is 994 g/mol. The van der Waals surface area contributed by atoms with Crippen molar-refractivity contribution in [2.24, 2.45) is 0 Å². The summed E-state index contributed by atoms with van der Waals surface area (Å²) in [6, 6.07) is 28.5. The lowest BCUT2D eigenvalue weighted by molar-refractivity contribution is 0.0365. The van der Waals surface area contributed by atoms with Crippen LogP contribution in [0.4, 0.5) is 11.4 Å². The molecule has 2 saturated carbocycles. The number of hydrogen-bond donors (Lipinski definition) is 0. The molecule has 4 amide bonds. The van der Waals surface area contributed by atoms with Crippen LogP contribution in [0.15, 0.2) is 97.1 Å². The van der Waals surface area contributed by atoms with Gasteiger partial charge in [-0.05, 0) is 161 Å². The first-order valence-electron chi connectivity index (χ1n) is 26.2. The second-order valence-corrected chi connectivity index (χ2v) is 21.1. The Bertz CT molecular complexity index is 3080. The van der Waals surface area contributed by atoms with Crippen LogP contribution in [0.2, 0.25) is 0 Å². The first-order valence-corrected chi connectivity index (χ1v) is 26.2. The Kier molecular flexibility index (Phi) is 13.5. The van der Waals surface area contributed by atoms with Gasteiger partial charge in [0.1, 0.15) is 11.5 Å². The van der Waals surface area contributed by atoms with Gasteiger partial charge in [0, 0.05) is 12.1 Å². The number of nitrogens with zero attached hydrogens (tertiary/aromatic N) is 2. The van der Waals surface area contributed by atoms with Crippen molar-refractivity contribution in [1.29, 1.82) is 0 Å². The zero-order valence-electron chi connectivity index (χ0n) is 43.3. The number of amides is 4. The van der Waals surface area contributed by atoms with Crippen LogP contribution in [0.1, 0.15) is 192 Å². The van der Waals surface area contributed by atoms with Crippen LogP contribution in [0.25, 0.3) is 33.0 Å². The molecule has 2 fully saturated rings. The molecule has 0 aromatic heterocycles. The topological polar surface area (TPSA) is 146 Å². The molecule has 6 aromatic carbocycles. The summed E-state index contributed by atoms with van der Waals surface area (Å²) in [6.45, 7) is 14.6. The lowest BCUT2D eigenvalue weighted by Crippen LogP contribution is -2.30. The average molecular weight is 995 g/mol. The fourth-order valence-electron chi connectivity index (χ4n) is 11.5. The fraction of sp³-hybridized carbons (Fsp3) is 0.355. The van der Waals surface area contributed by atoms with E-state index in [9.17, 15) is 19.2 Å². The molecule has 380 valence electrons. The number of rotatable bonds is 14. The predicted octanol–water partition coefficient (Wildman–Crippen LogP) is 13.8. The van der Waals surface area contributed by atoms with Crippen LogP contribution in [0, 0.1) is 0 Å². The Hall–Kier alpha value is -7.60. The van der Waals surface area contributed by atoms with E-state index >= 15 is 9.59 Å². The molecule has 4 aliphatic rings. The van der Waals surface area contributed by atoms with Gasteiger partial charge >= 0.3 is 11.9 Å². The van der Waals surface area contributed by atoms with Crippen LogP contribution < -0.4 is 19.3 Å². The molecule has 74 heavy (non-hydrogen) atoms. The maximum Gasteiger partial charge on any atom is 0.339 e. The zero-order chi connectivity index (χ0) is 52.3. The van der Waals surface area contributed by atoms with Crippen molar-refractivity contribution < 1.29 is 47.7 Å². The molecule has 12 heteroatoms. The summed E-state index contributed by atoms with van der Waals surface area (Å²) in [7, 11) is 0. The number of ether oxygens (including phenoxy) is 4. The number of hydrogen-bond acceptors (Lipinski definition) is 10. The minimum atomic E-state index is -0.734. The van der Waals surface area contributed by atoms with Crippen molar-refractivity contribution in [3.8, 4) is 33.8 Å². The van der Waals surface area contributed by atoms with Gasteiger partial charge in [-0.2, -0.15) is 0 Å². The van der Waals surface area contributed by atoms with Crippen LogP contribution in [0.3, 0.4) is 0 Å². The summed E-state index contributed by atoms with van der Waals surface area (Å²) in [4.78, 5) is 90.0. The minimum Gasteiger partial charge on any atom is -0.491 e. The van der Waals surface area contributed by atoms with Crippen LogP contribution in [-0.2, 0) is 9.47 Å². The molecule has 0 bridgehead atoms. The van der Waals surface area contributed by atoms with Crippen molar-refractivity contribution in [1.82, 2.24) is 0 Å². The van der Waals surface area contributed by atoms with Crippen molar-refractivity contribution in [3.05, 3.63) is 142 Å². The molecule has 0 atom stereocenters. The SMILES string of the molecule is CC(C)OC(=O)c1ccc(-c2ccc(-c3ccc(C(=O)OC(C)C)c4c3C(=O)N(c3ccc(C5CCCC5)c(OC(C)C)c3)C4=O)c3ccccc23)c2c1C(=O)N(c1ccc(C3CCCC3)c(OC(C)C)c1)C2=O. The van der Waals surface area contributed by atoms with E-state index in [0.29, 0.717) is 67.7 Å². The highest BCUT2D eigenvalue weighted by Crippen LogP contribution is 2.48. The molecule has 0 radical (unpaired) electrons. The Morgan fingerprint density at radius 1 is 0.432 bits per heavy atom. The molecule has 2 heterocycles. The quantitative estimate of drug-likeness (QED) is 0.0763. The fourth-order valence-corrected chi connectivity index (χ4v) is 11.5. The van der Waals surface area contributed by atoms with Gasteiger partial charge in [-0.1, -0.05) is 86.3 Å². The number of imide groups is 2. The van der Waals surface area contributed by atoms with E-state index < -0.39 is 47.8 Å². The van der Waals surface area contributed by atoms with Crippen LogP contribution in [-0.4, -0.2) is 60.0 Å². The molecule has 0 N–H and O–H groups in total. The van der Waals surface area contributed by atoms with E-state index in [1.54, 1.807) is 64.1 Å². The minimum absolute atomic E-state index is 0.0316. The highest BCUT2D eigenvalue weighted by atomic mass is 16.5. The van der Waals surface area contributed by atoms with Crippen LogP contribution >= 0.6 is 0 Å². The Labute approximate surface area is 431 Å². The van der Waals surface area contributed by atoms with Gasteiger partial charge < -0.3 is 18.9 Å². The van der Waals surface area contributed by atoms with Crippen molar-refractivity contribution in [2.75, 3.05) is 9.80 Å². The molecular weight excluding hydrogens is 933 g/mol. The largest absolute Gasteiger partial charge is 0.491 e. The summed E-state index contributed by atoms with van der Waals surface area (Å²) in [5.74, 6) is -2.19. The maximum absolute atomic E-state index is 15.1. The van der Waals surface area contributed by atoms with Gasteiger partial charge in [0.05, 0.1) is 69.2 Å². The highest BCUT2D eigenvalue weighted by Gasteiger charge is 2.45. The van der Waals surface area contributed by atoms with Gasteiger partial charge in [-0.3, -0.25) is 19.2 Å². The van der Waals surface area contributed by atoms with Gasteiger partial charge in [0.15, 0.2) is 0 Å². The highest BCUT2D eigenvalue weighted by molar-refractivity contribution is 6.39. The molecule has 10 rings (SSSR count). The first kappa shape index (κ1) is 50.0. The number of anilines is 2. The first-order chi connectivity index (χ1) is 35.5. The Morgan fingerprint density at radius 3 is 1.14 bits per heavy atom. The molecule has 6 aromatic rings. The van der Waals surface area contributed by atoms with E-state index in [1.807, 2.05) is 76.2 Å². The lowest BCUT2D eigenvalue weighted by Gasteiger charge is -2.22. The number of carbonyl (C=O) groups excluding carboxylic acids is 6. The van der Waals surface area contributed by atoms with E-state index in [1.165, 1.54) is 12.1 Å². The van der Waals surface area contributed by atoms with Crippen molar-refractivity contribution >= 4 is 57.7 Å². The average Bonchev–Trinajstić information content (AvgIpc) is 4.20. The zero-order valence-corrected chi connectivity index (χ0v) is 43.3. The lowest BCUT2D eigenvalue weighted by atomic mass is 9.86. The smallest absolute Gasteiger partial charge is 0.339 e. The van der Waals surface area contributed by atoms with Crippen molar-refractivity contribution in [3.63, 3.8) is 0 Å². The van der Waals surface area contributed by atoms with Gasteiger partial charge in [-0.15, -0.1) is 0 Å². The number of esters is 2. The summed E-state index contributed by atoms with van der Waals surface area (Å²) in [5, 5.41) is 1.31. The predicted molar refractivity (Wildman–Crippen MR) is 285 cm³/mol. The molecule has 0 unspecified atom stereocenters. The molecule has 0 saturated heterocycles. The van der Waals surface area contributed by atoms with Gasteiger partial charge in [0.25, 0.3) is 23.6 Å². The van der Waals surface area contributed by atoms with Crippen LogP contribution in [0.5, 0.6) is 11.5 Å². The molecular formula is C62H62N2O10. The van der Waals surface area contributed by atoms with Gasteiger partial charge in [-0.25, -0.2) is 19.4 Å². The molecule has 0 spiro atoms. The van der Waals surface area contributed by atoms with E-state index in [4.69, 9.17) is 18.9 Å². The number of fused-ring (bicyclic) bond motifs is 3. The number of carbonyl (C=O) groups is 6. The summed E-state index contributed by atoms with van der Waals surface area (Å²) >= 11 is 0. The maximum atomic E-state index is 15.1. The third-order valence-corrected chi connectivity index (χ3v) is 14.5. The second kappa shape index (κ2) is 20.0. The number of benzene rings is 6. The van der Waals surface area contributed by atoms with E-state index in [0.717, 1.165) is 72.3 Å². The molecule has 2 aliphatic heterocycles. The van der Waals surface area contributed by atoms with Crippen molar-refractivity contribution in [2.45, 2.75) is 143 Å². The third-order valence-electron chi connectivity index (χ3n) is 14.5. The standard InChI is InChI=1S/C62H62N2O10/c1-33(2)71-51-31-39(21-23-41(51)37-15-9-10-16-37)63-57(65)53-47(27-29-49(55(53)59(63)67)61(69)73-35(5)6)45-25-26-46(44-20-14-13-19-43(44)45)48-28-30-50(62(70)74-36(7)8)56-54(48)58(66)64(60(56)68)40-22-24-42(38-17-11-12-18-38)52(32-40)72-34(3)4/h13-14,19-38H,9-12,15-18H2,1-8H3. The van der Waals surface area contributed by atoms with E-state index in [2.05, 4.69) is 0 Å². The summed E-state index contributed by atoms with van der Waals surface area (Å²) in [6.07, 6.45) is 7.23. The third kappa shape index (κ3) is 8.92.